The third-order valence-corrected chi connectivity index (χ3v) is 3.46. The van der Waals surface area contributed by atoms with E-state index in [2.05, 4.69) is 10.3 Å². The highest BCUT2D eigenvalue weighted by molar-refractivity contribution is 5.89. The molecule has 0 atom stereocenters. The SMILES string of the molecule is Cc1nc(NC2(CO)CCOCC2)ccc1C(=O)O. The molecule has 6 nitrogen and oxygen atoms in total. The van der Waals surface area contributed by atoms with Crippen molar-refractivity contribution in [3.05, 3.63) is 23.4 Å². The maximum atomic E-state index is 10.9. The summed E-state index contributed by atoms with van der Waals surface area (Å²) in [5.74, 6) is -0.405. The van der Waals surface area contributed by atoms with Crippen molar-refractivity contribution in [2.75, 3.05) is 25.1 Å². The van der Waals surface area contributed by atoms with Crippen molar-refractivity contribution in [3.63, 3.8) is 0 Å². The molecular formula is C13H18N2O4. The van der Waals surface area contributed by atoms with Gasteiger partial charge in [0.25, 0.3) is 0 Å². The van der Waals surface area contributed by atoms with Crippen LogP contribution in [0.5, 0.6) is 0 Å². The number of carboxylic acid groups (broad SMARTS) is 1. The first kappa shape index (κ1) is 13.8. The highest BCUT2D eigenvalue weighted by Crippen LogP contribution is 2.25. The van der Waals surface area contributed by atoms with E-state index >= 15 is 0 Å². The van der Waals surface area contributed by atoms with Crippen LogP contribution in [0, 0.1) is 6.92 Å². The van der Waals surface area contributed by atoms with Gasteiger partial charge in [-0.25, -0.2) is 9.78 Å². The molecule has 0 saturated carbocycles. The molecule has 2 rings (SSSR count). The Bertz CT molecular complexity index is 470. The maximum absolute atomic E-state index is 10.9. The molecule has 0 aromatic carbocycles. The van der Waals surface area contributed by atoms with Gasteiger partial charge in [0.2, 0.25) is 0 Å². The van der Waals surface area contributed by atoms with Gasteiger partial charge in [-0.2, -0.15) is 0 Å². The van der Waals surface area contributed by atoms with Crippen molar-refractivity contribution in [1.82, 2.24) is 4.98 Å². The van der Waals surface area contributed by atoms with Gasteiger partial charge >= 0.3 is 5.97 Å². The number of anilines is 1. The summed E-state index contributed by atoms with van der Waals surface area (Å²) < 4.78 is 5.29. The van der Waals surface area contributed by atoms with Crippen molar-refractivity contribution in [3.8, 4) is 0 Å². The van der Waals surface area contributed by atoms with E-state index in [-0.39, 0.29) is 12.2 Å². The largest absolute Gasteiger partial charge is 0.478 e. The molecule has 6 heteroatoms. The second-order valence-electron chi connectivity index (χ2n) is 4.81. The van der Waals surface area contributed by atoms with Gasteiger partial charge in [0.15, 0.2) is 0 Å². The second-order valence-corrected chi connectivity index (χ2v) is 4.81. The fraction of sp³-hybridized carbons (Fsp3) is 0.538. The number of aliphatic hydroxyl groups is 1. The Hall–Kier alpha value is -1.66. The highest BCUT2D eigenvalue weighted by Gasteiger charge is 2.32. The van der Waals surface area contributed by atoms with Crippen LogP contribution in [0.4, 0.5) is 5.82 Å². The van der Waals surface area contributed by atoms with Crippen LogP contribution in [0.25, 0.3) is 0 Å². The van der Waals surface area contributed by atoms with Gasteiger partial charge in [-0.1, -0.05) is 0 Å². The zero-order valence-electron chi connectivity index (χ0n) is 10.8. The summed E-state index contributed by atoms with van der Waals surface area (Å²) in [7, 11) is 0. The first-order valence-corrected chi connectivity index (χ1v) is 6.24. The van der Waals surface area contributed by atoms with Crippen molar-refractivity contribution >= 4 is 11.8 Å². The van der Waals surface area contributed by atoms with Gasteiger partial charge in [-0.15, -0.1) is 0 Å². The fourth-order valence-electron chi connectivity index (χ4n) is 2.21. The number of aliphatic hydroxyl groups excluding tert-OH is 1. The quantitative estimate of drug-likeness (QED) is 0.754. The summed E-state index contributed by atoms with van der Waals surface area (Å²) in [6.07, 6.45) is 1.40. The van der Waals surface area contributed by atoms with Crippen molar-refractivity contribution in [2.45, 2.75) is 25.3 Å². The summed E-state index contributed by atoms with van der Waals surface area (Å²) in [5, 5.41) is 21.7. The zero-order chi connectivity index (χ0) is 13.9. The maximum Gasteiger partial charge on any atom is 0.337 e. The molecule has 1 aromatic rings. The predicted molar refractivity (Wildman–Crippen MR) is 69.4 cm³/mol. The van der Waals surface area contributed by atoms with Crippen molar-refractivity contribution in [1.29, 1.82) is 0 Å². The number of carboxylic acids is 1. The number of aryl methyl sites for hydroxylation is 1. The number of carbonyl (C=O) groups is 1. The summed E-state index contributed by atoms with van der Waals surface area (Å²) in [5.41, 5.74) is 0.218. The number of pyridine rings is 1. The molecule has 3 N–H and O–H groups in total. The van der Waals surface area contributed by atoms with E-state index in [1.165, 1.54) is 6.07 Å². The molecule has 1 aliphatic heterocycles. The number of nitrogens with one attached hydrogen (secondary N) is 1. The molecule has 1 aliphatic rings. The number of nitrogens with zero attached hydrogens (tertiary/aromatic N) is 1. The molecule has 0 unspecified atom stereocenters. The number of rotatable bonds is 4. The second kappa shape index (κ2) is 5.54. The normalized spacial score (nSPS) is 18.0. The summed E-state index contributed by atoms with van der Waals surface area (Å²) in [6, 6.07) is 3.15. The van der Waals surface area contributed by atoms with Gasteiger partial charge < -0.3 is 20.3 Å². The lowest BCUT2D eigenvalue weighted by molar-refractivity contribution is 0.0378. The van der Waals surface area contributed by atoms with E-state index in [4.69, 9.17) is 9.84 Å². The Kier molecular flexibility index (Phi) is 4.01. The average molecular weight is 266 g/mol. The number of aromatic nitrogens is 1. The van der Waals surface area contributed by atoms with E-state index in [0.717, 1.165) is 0 Å². The molecular weight excluding hydrogens is 248 g/mol. The Balaban J connectivity index is 2.18. The van der Waals surface area contributed by atoms with E-state index in [9.17, 15) is 9.90 Å². The van der Waals surface area contributed by atoms with Crippen LogP contribution in [0.15, 0.2) is 12.1 Å². The summed E-state index contributed by atoms with van der Waals surface area (Å²) in [4.78, 5) is 15.2. The minimum absolute atomic E-state index is 0.00221. The third kappa shape index (κ3) is 3.02. The molecule has 0 amide bonds. The monoisotopic (exact) mass is 266 g/mol. The van der Waals surface area contributed by atoms with Crippen LogP contribution in [-0.4, -0.2) is 46.5 Å². The van der Waals surface area contributed by atoms with Crippen LogP contribution in [0.1, 0.15) is 28.9 Å². The molecule has 1 fully saturated rings. The van der Waals surface area contributed by atoms with Gasteiger partial charge in [0.05, 0.1) is 23.4 Å². The lowest BCUT2D eigenvalue weighted by Crippen LogP contribution is -2.47. The molecule has 0 spiro atoms. The number of ether oxygens (including phenoxy) is 1. The zero-order valence-corrected chi connectivity index (χ0v) is 10.8. The Morgan fingerprint density at radius 3 is 2.68 bits per heavy atom. The molecule has 0 radical (unpaired) electrons. The number of hydrogen-bond acceptors (Lipinski definition) is 5. The van der Waals surface area contributed by atoms with E-state index in [0.29, 0.717) is 37.6 Å². The van der Waals surface area contributed by atoms with Crippen LogP contribution >= 0.6 is 0 Å². The van der Waals surface area contributed by atoms with Crippen molar-refractivity contribution in [2.24, 2.45) is 0 Å². The molecule has 104 valence electrons. The van der Waals surface area contributed by atoms with Crippen LogP contribution < -0.4 is 5.32 Å². The standard InChI is InChI=1S/C13H18N2O4/c1-9-10(12(17)18)2-3-11(14-9)15-13(8-16)4-6-19-7-5-13/h2-3,16H,4-8H2,1H3,(H,14,15)(H,17,18). The minimum atomic E-state index is -0.987. The highest BCUT2D eigenvalue weighted by atomic mass is 16.5. The molecule has 19 heavy (non-hydrogen) atoms. The van der Waals surface area contributed by atoms with Crippen LogP contribution in [0.3, 0.4) is 0 Å². The smallest absolute Gasteiger partial charge is 0.337 e. The van der Waals surface area contributed by atoms with Gasteiger partial charge in [0, 0.05) is 13.2 Å². The molecule has 0 bridgehead atoms. The van der Waals surface area contributed by atoms with E-state index in [1.54, 1.807) is 13.0 Å². The Labute approximate surface area is 111 Å². The molecule has 0 aliphatic carbocycles. The van der Waals surface area contributed by atoms with Gasteiger partial charge in [-0.3, -0.25) is 0 Å². The predicted octanol–water partition coefficient (Wildman–Crippen LogP) is 1.04. The lowest BCUT2D eigenvalue weighted by Gasteiger charge is -2.36. The Morgan fingerprint density at radius 2 is 2.16 bits per heavy atom. The Morgan fingerprint density at radius 1 is 1.47 bits per heavy atom. The lowest BCUT2D eigenvalue weighted by atomic mass is 9.91. The first-order chi connectivity index (χ1) is 9.06. The average Bonchev–Trinajstić information content (AvgIpc) is 2.39. The van der Waals surface area contributed by atoms with Crippen LogP contribution in [-0.2, 0) is 4.74 Å². The van der Waals surface area contributed by atoms with Crippen LogP contribution in [0.2, 0.25) is 0 Å². The van der Waals surface area contributed by atoms with Crippen molar-refractivity contribution < 1.29 is 19.7 Å². The fourth-order valence-corrected chi connectivity index (χ4v) is 2.21. The first-order valence-electron chi connectivity index (χ1n) is 6.24. The third-order valence-electron chi connectivity index (χ3n) is 3.46. The summed E-state index contributed by atoms with van der Waals surface area (Å²) >= 11 is 0. The van der Waals surface area contributed by atoms with E-state index in [1.807, 2.05) is 0 Å². The van der Waals surface area contributed by atoms with Gasteiger partial charge in [0.1, 0.15) is 5.82 Å². The van der Waals surface area contributed by atoms with E-state index < -0.39 is 11.5 Å². The molecule has 2 heterocycles. The number of hydrogen-bond donors (Lipinski definition) is 3. The minimum Gasteiger partial charge on any atom is -0.478 e. The molecule has 1 aromatic heterocycles. The van der Waals surface area contributed by atoms with Gasteiger partial charge in [-0.05, 0) is 31.9 Å². The summed E-state index contributed by atoms with van der Waals surface area (Å²) in [6.45, 7) is 2.85. The number of aromatic carboxylic acids is 1. The topological polar surface area (TPSA) is 91.7 Å². The molecule has 1 saturated heterocycles.